The minimum atomic E-state index is -0.622. The maximum atomic E-state index is 14.0. The summed E-state index contributed by atoms with van der Waals surface area (Å²) in [7, 11) is 0. The van der Waals surface area contributed by atoms with Crippen LogP contribution < -0.4 is 0 Å². The molecule has 0 saturated carbocycles. The number of fused-ring (bicyclic) bond motifs is 1. The highest BCUT2D eigenvalue weighted by Gasteiger charge is 2.22. The summed E-state index contributed by atoms with van der Waals surface area (Å²) in [5.41, 5.74) is 2.80. The van der Waals surface area contributed by atoms with Gasteiger partial charge in [0.2, 0.25) is 5.16 Å². The SMILES string of the molecule is Cc1cccc(-c2nnc3n2N=C(c2ccc(F)cc2F)CS3)c1. The van der Waals surface area contributed by atoms with E-state index in [1.807, 2.05) is 31.2 Å². The fourth-order valence-electron chi connectivity index (χ4n) is 2.55. The maximum absolute atomic E-state index is 14.0. The number of thioether (sulfide) groups is 1. The lowest BCUT2D eigenvalue weighted by Gasteiger charge is -2.14. The largest absolute Gasteiger partial charge is 0.212 e. The Balaban J connectivity index is 1.82. The summed E-state index contributed by atoms with van der Waals surface area (Å²) in [5, 5.41) is 13.5. The average Bonchev–Trinajstić information content (AvgIpc) is 2.98. The van der Waals surface area contributed by atoms with Crippen molar-refractivity contribution in [3.8, 4) is 11.4 Å². The molecule has 120 valence electrons. The summed E-state index contributed by atoms with van der Waals surface area (Å²) in [5.74, 6) is -0.177. The minimum absolute atomic E-state index is 0.290. The lowest BCUT2D eigenvalue weighted by Crippen LogP contribution is -2.15. The van der Waals surface area contributed by atoms with Crippen molar-refractivity contribution < 1.29 is 8.78 Å². The Labute approximate surface area is 141 Å². The van der Waals surface area contributed by atoms with Gasteiger partial charge in [0.25, 0.3) is 0 Å². The van der Waals surface area contributed by atoms with E-state index >= 15 is 0 Å². The molecule has 0 saturated heterocycles. The van der Waals surface area contributed by atoms with Gasteiger partial charge in [0, 0.05) is 22.9 Å². The smallest absolute Gasteiger partial charge is 0.207 e. The van der Waals surface area contributed by atoms with Crippen molar-refractivity contribution in [3.05, 3.63) is 65.2 Å². The number of benzene rings is 2. The zero-order valence-electron chi connectivity index (χ0n) is 12.7. The summed E-state index contributed by atoms with van der Waals surface area (Å²) >= 11 is 1.42. The molecule has 0 bridgehead atoms. The lowest BCUT2D eigenvalue weighted by molar-refractivity contribution is 0.581. The molecule has 3 aromatic rings. The molecule has 1 aromatic heterocycles. The van der Waals surface area contributed by atoms with E-state index in [0.717, 1.165) is 17.2 Å². The summed E-state index contributed by atoms with van der Waals surface area (Å²) in [6, 6.07) is 11.4. The third-order valence-corrected chi connectivity index (χ3v) is 4.62. The van der Waals surface area contributed by atoms with Crippen molar-refractivity contribution >= 4 is 17.5 Å². The molecule has 0 fully saturated rings. The molecular weight excluding hydrogens is 330 g/mol. The summed E-state index contributed by atoms with van der Waals surface area (Å²) < 4.78 is 28.8. The van der Waals surface area contributed by atoms with Crippen LogP contribution in [0.3, 0.4) is 0 Å². The number of rotatable bonds is 2. The van der Waals surface area contributed by atoms with Crippen molar-refractivity contribution in [3.63, 3.8) is 0 Å². The van der Waals surface area contributed by atoms with E-state index in [-0.39, 0.29) is 0 Å². The normalized spacial score (nSPS) is 13.5. The van der Waals surface area contributed by atoms with E-state index in [1.54, 1.807) is 4.68 Å². The van der Waals surface area contributed by atoms with Crippen LogP contribution in [0.2, 0.25) is 0 Å². The molecule has 7 heteroatoms. The third kappa shape index (κ3) is 2.60. The van der Waals surface area contributed by atoms with Gasteiger partial charge in [-0.1, -0.05) is 35.5 Å². The fourth-order valence-corrected chi connectivity index (χ4v) is 3.37. The Hall–Kier alpha value is -2.54. The van der Waals surface area contributed by atoms with Crippen molar-refractivity contribution in [2.75, 3.05) is 5.75 Å². The van der Waals surface area contributed by atoms with Crippen LogP contribution >= 0.6 is 11.8 Å². The molecular formula is C17H12F2N4S. The fraction of sp³-hybridized carbons (Fsp3) is 0.118. The van der Waals surface area contributed by atoms with Gasteiger partial charge in [-0.3, -0.25) is 0 Å². The second-order valence-corrected chi connectivity index (χ2v) is 6.39. The van der Waals surface area contributed by atoms with Crippen molar-refractivity contribution in [2.24, 2.45) is 5.10 Å². The van der Waals surface area contributed by atoms with Gasteiger partial charge in [-0.05, 0) is 25.1 Å². The summed E-state index contributed by atoms with van der Waals surface area (Å²) in [6.07, 6.45) is 0. The van der Waals surface area contributed by atoms with E-state index in [0.29, 0.717) is 28.0 Å². The molecule has 4 nitrogen and oxygen atoms in total. The number of hydrogen-bond donors (Lipinski definition) is 0. The molecule has 2 heterocycles. The van der Waals surface area contributed by atoms with Crippen molar-refractivity contribution in [1.29, 1.82) is 0 Å². The van der Waals surface area contributed by atoms with Crippen molar-refractivity contribution in [2.45, 2.75) is 12.1 Å². The second kappa shape index (κ2) is 5.83. The Morgan fingerprint density at radius 1 is 1.08 bits per heavy atom. The molecule has 4 rings (SSSR count). The van der Waals surface area contributed by atoms with Crippen LogP contribution in [0.1, 0.15) is 11.1 Å². The maximum Gasteiger partial charge on any atom is 0.212 e. The molecule has 0 spiro atoms. The summed E-state index contributed by atoms with van der Waals surface area (Å²) in [4.78, 5) is 0. The first-order valence-corrected chi connectivity index (χ1v) is 8.29. The number of aromatic nitrogens is 3. The van der Waals surface area contributed by atoms with Gasteiger partial charge in [-0.25, -0.2) is 8.78 Å². The highest BCUT2D eigenvalue weighted by molar-refractivity contribution is 7.99. The predicted molar refractivity (Wildman–Crippen MR) is 89.2 cm³/mol. The zero-order chi connectivity index (χ0) is 16.7. The third-order valence-electron chi connectivity index (χ3n) is 3.69. The monoisotopic (exact) mass is 342 g/mol. The number of halogens is 2. The van der Waals surface area contributed by atoms with Gasteiger partial charge in [-0.15, -0.1) is 10.2 Å². The van der Waals surface area contributed by atoms with E-state index in [1.165, 1.54) is 23.9 Å². The first-order chi connectivity index (χ1) is 11.6. The predicted octanol–water partition coefficient (Wildman–Crippen LogP) is 3.89. The topological polar surface area (TPSA) is 43.1 Å². The molecule has 0 radical (unpaired) electrons. The molecule has 0 amide bonds. The number of nitrogens with zero attached hydrogens (tertiary/aromatic N) is 4. The molecule has 1 aliphatic rings. The van der Waals surface area contributed by atoms with Crippen LogP contribution in [-0.4, -0.2) is 26.3 Å². The van der Waals surface area contributed by atoms with Crippen LogP contribution in [-0.2, 0) is 0 Å². The highest BCUT2D eigenvalue weighted by atomic mass is 32.2. The molecule has 1 aliphatic heterocycles. The second-order valence-electron chi connectivity index (χ2n) is 5.45. The Bertz CT molecular complexity index is 965. The first kappa shape index (κ1) is 15.0. The van der Waals surface area contributed by atoms with Gasteiger partial charge >= 0.3 is 0 Å². The highest BCUT2D eigenvalue weighted by Crippen LogP contribution is 2.29. The van der Waals surface area contributed by atoms with E-state index < -0.39 is 11.6 Å². The lowest BCUT2D eigenvalue weighted by atomic mass is 10.1. The molecule has 0 unspecified atom stereocenters. The molecule has 24 heavy (non-hydrogen) atoms. The van der Waals surface area contributed by atoms with Gasteiger partial charge in [-0.2, -0.15) is 9.78 Å². The van der Waals surface area contributed by atoms with Gasteiger partial charge in [0.15, 0.2) is 5.82 Å². The van der Waals surface area contributed by atoms with E-state index in [9.17, 15) is 8.78 Å². The van der Waals surface area contributed by atoms with E-state index in [2.05, 4.69) is 15.3 Å². The van der Waals surface area contributed by atoms with Gasteiger partial charge in [0.05, 0.1) is 5.71 Å². The quantitative estimate of drug-likeness (QED) is 0.710. The summed E-state index contributed by atoms with van der Waals surface area (Å²) in [6.45, 7) is 1.99. The van der Waals surface area contributed by atoms with Gasteiger partial charge < -0.3 is 0 Å². The van der Waals surface area contributed by atoms with Crippen LogP contribution in [0.4, 0.5) is 8.78 Å². The Kier molecular flexibility index (Phi) is 3.65. The minimum Gasteiger partial charge on any atom is -0.207 e. The van der Waals surface area contributed by atoms with Crippen LogP contribution in [0.25, 0.3) is 11.4 Å². The Morgan fingerprint density at radius 2 is 1.96 bits per heavy atom. The molecule has 0 atom stereocenters. The van der Waals surface area contributed by atoms with E-state index in [4.69, 9.17) is 0 Å². The molecule has 2 aromatic carbocycles. The number of hydrogen-bond acceptors (Lipinski definition) is 4. The van der Waals surface area contributed by atoms with Crippen molar-refractivity contribution in [1.82, 2.24) is 14.9 Å². The standard InChI is InChI=1S/C17H12F2N4S/c1-10-3-2-4-11(7-10)16-20-21-17-23(16)22-15(9-24-17)13-6-5-12(18)8-14(13)19/h2-8H,9H2,1H3. The van der Waals surface area contributed by atoms with Gasteiger partial charge in [0.1, 0.15) is 11.6 Å². The van der Waals surface area contributed by atoms with Crippen LogP contribution in [0, 0.1) is 18.6 Å². The molecule has 0 aliphatic carbocycles. The average molecular weight is 342 g/mol. The molecule has 0 N–H and O–H groups in total. The van der Waals surface area contributed by atoms with Crippen LogP contribution in [0.15, 0.2) is 52.7 Å². The van der Waals surface area contributed by atoms with Crippen LogP contribution in [0.5, 0.6) is 0 Å². The Morgan fingerprint density at radius 3 is 2.75 bits per heavy atom. The zero-order valence-corrected chi connectivity index (χ0v) is 13.5. The first-order valence-electron chi connectivity index (χ1n) is 7.30. The number of aryl methyl sites for hydroxylation is 1.